The molecule has 0 radical (unpaired) electrons. The molecule has 2 aliphatic heterocycles. The first-order valence-corrected chi connectivity index (χ1v) is 7.84. The van der Waals surface area contributed by atoms with Crippen LogP contribution in [0.5, 0.6) is 0 Å². The molecule has 20 heavy (non-hydrogen) atoms. The number of amides is 1. The average Bonchev–Trinajstić information content (AvgIpc) is 2.47. The summed E-state index contributed by atoms with van der Waals surface area (Å²) in [6.07, 6.45) is 2.19. The van der Waals surface area contributed by atoms with Crippen molar-refractivity contribution in [1.29, 1.82) is 0 Å². The van der Waals surface area contributed by atoms with Gasteiger partial charge in [-0.25, -0.2) is 0 Å². The highest BCUT2D eigenvalue weighted by atomic mass is 16.2. The van der Waals surface area contributed by atoms with Crippen molar-refractivity contribution in [3.05, 3.63) is 0 Å². The highest BCUT2D eigenvalue weighted by Crippen LogP contribution is 2.22. The molecule has 0 atom stereocenters. The second-order valence-corrected chi connectivity index (χ2v) is 6.75. The van der Waals surface area contributed by atoms with Gasteiger partial charge in [-0.05, 0) is 46.8 Å². The average molecular weight is 282 g/mol. The Morgan fingerprint density at radius 2 is 1.70 bits per heavy atom. The summed E-state index contributed by atoms with van der Waals surface area (Å²) in [7, 11) is 4.14. The van der Waals surface area contributed by atoms with E-state index in [0.717, 1.165) is 52.1 Å². The van der Waals surface area contributed by atoms with Crippen LogP contribution in [0, 0.1) is 0 Å². The molecule has 0 aromatic carbocycles. The van der Waals surface area contributed by atoms with Crippen molar-refractivity contribution < 1.29 is 4.79 Å². The minimum Gasteiger partial charge on any atom is -0.341 e. The fraction of sp³-hybridized carbons (Fsp3) is 0.933. The van der Waals surface area contributed by atoms with Crippen molar-refractivity contribution in [2.75, 3.05) is 53.4 Å². The monoisotopic (exact) mass is 282 g/mol. The second kappa shape index (κ2) is 6.41. The maximum atomic E-state index is 12.9. The number of piperidine rings is 1. The normalized spacial score (nSPS) is 23.8. The maximum absolute atomic E-state index is 12.9. The van der Waals surface area contributed by atoms with Gasteiger partial charge in [-0.2, -0.15) is 0 Å². The quantitative estimate of drug-likeness (QED) is 0.804. The summed E-state index contributed by atoms with van der Waals surface area (Å²) in [6.45, 7) is 10.2. The smallest absolute Gasteiger partial charge is 0.242 e. The van der Waals surface area contributed by atoms with Crippen LogP contribution in [0.1, 0.15) is 26.7 Å². The van der Waals surface area contributed by atoms with Crippen molar-refractivity contribution in [2.24, 2.45) is 0 Å². The highest BCUT2D eigenvalue weighted by Gasteiger charge is 2.39. The summed E-state index contributed by atoms with van der Waals surface area (Å²) >= 11 is 0. The van der Waals surface area contributed by atoms with E-state index >= 15 is 0 Å². The molecule has 2 heterocycles. The van der Waals surface area contributed by atoms with Crippen molar-refractivity contribution >= 4 is 5.91 Å². The van der Waals surface area contributed by atoms with Crippen LogP contribution in [-0.4, -0.2) is 85.6 Å². The van der Waals surface area contributed by atoms with Crippen molar-refractivity contribution in [3.8, 4) is 0 Å². The standard InChI is InChI=1S/C15H30N4O/c1-15(2,19-11-7-16-8-12-19)14(20)18(4)13-5-9-17(3)10-6-13/h13,16H,5-12H2,1-4H3. The van der Waals surface area contributed by atoms with Crippen LogP contribution in [-0.2, 0) is 4.79 Å². The molecule has 2 saturated heterocycles. The van der Waals surface area contributed by atoms with Gasteiger partial charge in [0.15, 0.2) is 0 Å². The molecular formula is C15H30N4O. The fourth-order valence-corrected chi connectivity index (χ4v) is 3.34. The van der Waals surface area contributed by atoms with E-state index in [1.807, 2.05) is 11.9 Å². The summed E-state index contributed by atoms with van der Waals surface area (Å²) in [6, 6.07) is 0.404. The molecule has 0 spiro atoms. The Kier molecular flexibility index (Phi) is 5.04. The van der Waals surface area contributed by atoms with Crippen LogP contribution in [0.2, 0.25) is 0 Å². The fourth-order valence-electron chi connectivity index (χ4n) is 3.34. The van der Waals surface area contributed by atoms with Gasteiger partial charge in [0, 0.05) is 39.3 Å². The van der Waals surface area contributed by atoms with E-state index in [-0.39, 0.29) is 11.4 Å². The van der Waals surface area contributed by atoms with E-state index in [4.69, 9.17) is 0 Å². The lowest BCUT2D eigenvalue weighted by Crippen LogP contribution is -2.61. The third kappa shape index (κ3) is 3.32. The van der Waals surface area contributed by atoms with Gasteiger partial charge >= 0.3 is 0 Å². The van der Waals surface area contributed by atoms with Crippen LogP contribution >= 0.6 is 0 Å². The number of hydrogen-bond donors (Lipinski definition) is 1. The van der Waals surface area contributed by atoms with Crippen LogP contribution in [0.25, 0.3) is 0 Å². The zero-order valence-corrected chi connectivity index (χ0v) is 13.5. The molecule has 0 aromatic rings. The Labute approximate surface area is 123 Å². The number of nitrogens with zero attached hydrogens (tertiary/aromatic N) is 3. The van der Waals surface area contributed by atoms with Crippen molar-refractivity contribution in [1.82, 2.24) is 20.0 Å². The van der Waals surface area contributed by atoms with Crippen LogP contribution in [0.3, 0.4) is 0 Å². The van der Waals surface area contributed by atoms with E-state index in [2.05, 4.69) is 36.0 Å². The van der Waals surface area contributed by atoms with Crippen molar-refractivity contribution in [3.63, 3.8) is 0 Å². The Balaban J connectivity index is 1.97. The predicted octanol–water partition coefficient (Wildman–Crippen LogP) is 0.223. The van der Waals surface area contributed by atoms with E-state index < -0.39 is 0 Å². The van der Waals surface area contributed by atoms with Gasteiger partial charge < -0.3 is 15.1 Å². The van der Waals surface area contributed by atoms with Crippen LogP contribution in [0.15, 0.2) is 0 Å². The van der Waals surface area contributed by atoms with E-state index in [1.54, 1.807) is 0 Å². The summed E-state index contributed by atoms with van der Waals surface area (Å²) in [5.74, 6) is 0.272. The maximum Gasteiger partial charge on any atom is 0.242 e. The predicted molar refractivity (Wildman–Crippen MR) is 81.8 cm³/mol. The number of piperazine rings is 1. The molecule has 2 rings (SSSR count). The molecule has 0 aliphatic carbocycles. The van der Waals surface area contributed by atoms with Crippen molar-refractivity contribution in [2.45, 2.75) is 38.3 Å². The molecule has 5 heteroatoms. The highest BCUT2D eigenvalue weighted by molar-refractivity contribution is 5.85. The largest absolute Gasteiger partial charge is 0.341 e. The molecule has 2 fully saturated rings. The molecule has 0 saturated carbocycles. The van der Waals surface area contributed by atoms with E-state index in [9.17, 15) is 4.79 Å². The van der Waals surface area contributed by atoms with Gasteiger partial charge in [0.2, 0.25) is 5.91 Å². The molecule has 1 amide bonds. The van der Waals surface area contributed by atoms with Crippen LogP contribution < -0.4 is 5.32 Å². The molecule has 0 bridgehead atoms. The first-order chi connectivity index (χ1) is 9.43. The van der Waals surface area contributed by atoms with Gasteiger partial charge in [0.1, 0.15) is 0 Å². The number of likely N-dealkylation sites (tertiary alicyclic amines) is 1. The number of carbonyl (C=O) groups is 1. The van der Waals surface area contributed by atoms with Gasteiger partial charge in [-0.1, -0.05) is 0 Å². The molecule has 116 valence electrons. The minimum atomic E-state index is -0.389. The molecule has 1 N–H and O–H groups in total. The summed E-state index contributed by atoms with van der Waals surface area (Å²) in [4.78, 5) is 19.6. The lowest BCUT2D eigenvalue weighted by Gasteiger charge is -2.44. The van der Waals surface area contributed by atoms with Gasteiger partial charge in [0.05, 0.1) is 5.54 Å². The van der Waals surface area contributed by atoms with E-state index in [1.165, 1.54) is 0 Å². The summed E-state index contributed by atoms with van der Waals surface area (Å²) in [5, 5.41) is 3.35. The number of nitrogens with one attached hydrogen (secondary N) is 1. The number of carbonyl (C=O) groups excluding carboxylic acids is 1. The number of rotatable bonds is 3. The SMILES string of the molecule is CN1CCC(N(C)C(=O)C(C)(C)N2CCNCC2)CC1. The van der Waals surface area contributed by atoms with Gasteiger partial charge in [0.25, 0.3) is 0 Å². The third-order valence-corrected chi connectivity index (χ3v) is 4.99. The van der Waals surface area contributed by atoms with Gasteiger partial charge in [-0.3, -0.25) is 9.69 Å². The lowest BCUT2D eigenvalue weighted by atomic mass is 9.96. The number of hydrogen-bond acceptors (Lipinski definition) is 4. The summed E-state index contributed by atoms with van der Waals surface area (Å²) in [5.41, 5.74) is -0.389. The lowest BCUT2D eigenvalue weighted by molar-refractivity contribution is -0.144. The van der Waals surface area contributed by atoms with Crippen LogP contribution in [0.4, 0.5) is 0 Å². The molecule has 0 aromatic heterocycles. The van der Waals surface area contributed by atoms with E-state index in [0.29, 0.717) is 6.04 Å². The Hall–Kier alpha value is -0.650. The number of likely N-dealkylation sites (N-methyl/N-ethyl adjacent to an activating group) is 1. The molecular weight excluding hydrogens is 252 g/mol. The minimum absolute atomic E-state index is 0.272. The molecule has 5 nitrogen and oxygen atoms in total. The zero-order valence-electron chi connectivity index (χ0n) is 13.5. The zero-order chi connectivity index (χ0) is 14.8. The van der Waals surface area contributed by atoms with Gasteiger partial charge in [-0.15, -0.1) is 0 Å². The topological polar surface area (TPSA) is 38.8 Å². The first-order valence-electron chi connectivity index (χ1n) is 7.84. The first kappa shape index (κ1) is 15.7. The Morgan fingerprint density at radius 3 is 2.25 bits per heavy atom. The molecule has 0 unspecified atom stereocenters. The second-order valence-electron chi connectivity index (χ2n) is 6.75. The Morgan fingerprint density at radius 1 is 1.15 bits per heavy atom. The molecule has 2 aliphatic rings. The summed E-state index contributed by atoms with van der Waals surface area (Å²) < 4.78 is 0. The Bertz CT molecular complexity index is 331. The third-order valence-electron chi connectivity index (χ3n) is 4.99.